The van der Waals surface area contributed by atoms with Gasteiger partial charge in [-0.3, -0.25) is 4.90 Å². The molecule has 0 saturated carbocycles. The molecule has 1 heterocycles. The summed E-state index contributed by atoms with van der Waals surface area (Å²) in [4.78, 5) is 6.53. The minimum Gasteiger partial charge on any atom is -0.295 e. The number of rotatable bonds is 5. The minimum atomic E-state index is 0.498. The molecule has 0 aliphatic rings. The zero-order valence-electron chi connectivity index (χ0n) is 13.0. The van der Waals surface area contributed by atoms with Gasteiger partial charge < -0.3 is 0 Å². The molecule has 0 aliphatic carbocycles. The lowest BCUT2D eigenvalue weighted by molar-refractivity contribution is 0.271. The maximum atomic E-state index is 6.22. The summed E-state index contributed by atoms with van der Waals surface area (Å²) in [7, 11) is 0. The van der Waals surface area contributed by atoms with E-state index in [9.17, 15) is 0 Å². The van der Waals surface area contributed by atoms with Crippen LogP contribution >= 0.6 is 23.2 Å². The van der Waals surface area contributed by atoms with Gasteiger partial charge in [-0.1, -0.05) is 72.6 Å². The molecular formula is C19H18Cl2N2. The van der Waals surface area contributed by atoms with Crippen LogP contribution in [0.15, 0.2) is 54.7 Å². The summed E-state index contributed by atoms with van der Waals surface area (Å²) >= 11 is 12.4. The van der Waals surface area contributed by atoms with Gasteiger partial charge in [0.1, 0.15) is 5.15 Å². The monoisotopic (exact) mass is 344 g/mol. The first kappa shape index (κ1) is 16.3. The summed E-state index contributed by atoms with van der Waals surface area (Å²) in [5.41, 5.74) is 2.53. The normalized spacial score (nSPS) is 11.3. The smallest absolute Gasteiger partial charge is 0.136 e. The Hall–Kier alpha value is -1.61. The highest BCUT2D eigenvalue weighted by Crippen LogP contribution is 2.28. The Morgan fingerprint density at radius 1 is 0.913 bits per heavy atom. The van der Waals surface area contributed by atoms with Crippen LogP contribution in [0.1, 0.15) is 18.1 Å². The van der Waals surface area contributed by atoms with E-state index in [4.69, 9.17) is 23.2 Å². The molecule has 2 nitrogen and oxygen atoms in total. The van der Waals surface area contributed by atoms with Crippen molar-refractivity contribution in [3.8, 4) is 0 Å². The summed E-state index contributed by atoms with van der Waals surface area (Å²) < 4.78 is 0. The summed E-state index contributed by atoms with van der Waals surface area (Å²) in [5.74, 6) is 0. The maximum Gasteiger partial charge on any atom is 0.136 e. The number of pyridine rings is 1. The van der Waals surface area contributed by atoms with Crippen molar-refractivity contribution in [1.82, 2.24) is 9.88 Å². The molecular weight excluding hydrogens is 327 g/mol. The third-order valence-electron chi connectivity index (χ3n) is 3.96. The average Bonchev–Trinajstić information content (AvgIpc) is 2.58. The first-order chi connectivity index (χ1) is 11.2. The van der Waals surface area contributed by atoms with Crippen LogP contribution in [-0.4, -0.2) is 16.4 Å². The van der Waals surface area contributed by atoms with Gasteiger partial charge in [-0.25, -0.2) is 4.98 Å². The highest BCUT2D eigenvalue weighted by Gasteiger charge is 2.09. The lowest BCUT2D eigenvalue weighted by Gasteiger charge is -2.21. The predicted molar refractivity (Wildman–Crippen MR) is 98.0 cm³/mol. The minimum absolute atomic E-state index is 0.498. The summed E-state index contributed by atoms with van der Waals surface area (Å²) in [5, 5.41) is 2.99. The Morgan fingerprint density at radius 2 is 1.65 bits per heavy atom. The van der Waals surface area contributed by atoms with Gasteiger partial charge >= 0.3 is 0 Å². The molecule has 3 aromatic rings. The van der Waals surface area contributed by atoms with Crippen LogP contribution in [0.4, 0.5) is 0 Å². The van der Waals surface area contributed by atoms with E-state index in [1.54, 1.807) is 6.20 Å². The Kier molecular flexibility index (Phi) is 5.16. The van der Waals surface area contributed by atoms with Crippen LogP contribution in [0.2, 0.25) is 10.2 Å². The van der Waals surface area contributed by atoms with E-state index in [-0.39, 0.29) is 0 Å². The molecule has 0 fully saturated rings. The number of aromatic nitrogens is 1. The molecule has 0 atom stereocenters. The van der Waals surface area contributed by atoms with Crippen LogP contribution in [-0.2, 0) is 13.1 Å². The maximum absolute atomic E-state index is 6.22. The SMILES string of the molecule is CCN(Cc1ccccc1)Cc1ccc2c(Cl)cnc(Cl)c2c1. The van der Waals surface area contributed by atoms with Crippen molar-refractivity contribution in [2.24, 2.45) is 0 Å². The lowest BCUT2D eigenvalue weighted by atomic mass is 10.1. The van der Waals surface area contributed by atoms with Gasteiger partial charge in [-0.15, -0.1) is 0 Å². The quantitative estimate of drug-likeness (QED) is 0.563. The molecule has 0 saturated heterocycles. The first-order valence-corrected chi connectivity index (χ1v) is 8.42. The number of halogens is 2. The first-order valence-electron chi connectivity index (χ1n) is 7.66. The van der Waals surface area contributed by atoms with Crippen molar-refractivity contribution in [3.63, 3.8) is 0 Å². The largest absolute Gasteiger partial charge is 0.295 e. The van der Waals surface area contributed by atoms with Crippen LogP contribution < -0.4 is 0 Å². The van der Waals surface area contributed by atoms with Crippen LogP contribution in [0.3, 0.4) is 0 Å². The van der Waals surface area contributed by atoms with Gasteiger partial charge in [0.25, 0.3) is 0 Å². The Labute approximate surface area is 146 Å². The van der Waals surface area contributed by atoms with E-state index >= 15 is 0 Å². The molecule has 0 radical (unpaired) electrons. The number of benzene rings is 2. The molecule has 1 aromatic heterocycles. The van der Waals surface area contributed by atoms with Gasteiger partial charge in [-0.05, 0) is 23.7 Å². The zero-order valence-corrected chi connectivity index (χ0v) is 14.5. The standard InChI is InChI=1S/C19H18Cl2N2/c1-2-23(12-14-6-4-3-5-7-14)13-15-8-9-16-17(10-15)19(21)22-11-18(16)20/h3-11H,2,12-13H2,1H3. The van der Waals surface area contributed by atoms with E-state index in [1.807, 2.05) is 12.1 Å². The number of hydrogen-bond acceptors (Lipinski definition) is 2. The Balaban J connectivity index is 1.83. The molecule has 0 aliphatic heterocycles. The van der Waals surface area contributed by atoms with Crippen molar-refractivity contribution < 1.29 is 0 Å². The fraction of sp³-hybridized carbons (Fsp3) is 0.211. The fourth-order valence-electron chi connectivity index (χ4n) is 2.70. The predicted octanol–water partition coefficient (Wildman–Crippen LogP) is 5.56. The Morgan fingerprint density at radius 3 is 2.39 bits per heavy atom. The van der Waals surface area contributed by atoms with Crippen molar-refractivity contribution in [3.05, 3.63) is 76.0 Å². The second-order valence-electron chi connectivity index (χ2n) is 5.57. The third kappa shape index (κ3) is 3.84. The summed E-state index contributed by atoms with van der Waals surface area (Å²) in [6.45, 7) is 4.95. The molecule has 0 unspecified atom stereocenters. The van der Waals surface area contributed by atoms with Crippen LogP contribution in [0, 0.1) is 0 Å². The fourth-order valence-corrected chi connectivity index (χ4v) is 3.12. The molecule has 0 bridgehead atoms. The zero-order chi connectivity index (χ0) is 16.2. The number of nitrogens with zero attached hydrogens (tertiary/aromatic N) is 2. The Bertz CT molecular complexity index is 803. The van der Waals surface area contributed by atoms with Gasteiger partial charge in [0, 0.05) is 30.1 Å². The highest BCUT2D eigenvalue weighted by atomic mass is 35.5. The van der Waals surface area contributed by atoms with E-state index in [1.165, 1.54) is 11.1 Å². The average molecular weight is 345 g/mol. The van der Waals surface area contributed by atoms with Gasteiger partial charge in [-0.2, -0.15) is 0 Å². The van der Waals surface area contributed by atoms with Crippen molar-refractivity contribution in [1.29, 1.82) is 0 Å². The van der Waals surface area contributed by atoms with Gasteiger partial charge in [0.05, 0.1) is 5.02 Å². The molecule has 0 amide bonds. The molecule has 118 valence electrons. The molecule has 2 aromatic carbocycles. The highest BCUT2D eigenvalue weighted by molar-refractivity contribution is 6.39. The van der Waals surface area contributed by atoms with Crippen LogP contribution in [0.25, 0.3) is 10.8 Å². The van der Waals surface area contributed by atoms with Crippen LogP contribution in [0.5, 0.6) is 0 Å². The van der Waals surface area contributed by atoms with Crippen molar-refractivity contribution in [2.45, 2.75) is 20.0 Å². The molecule has 23 heavy (non-hydrogen) atoms. The van der Waals surface area contributed by atoms with E-state index in [2.05, 4.69) is 53.2 Å². The van der Waals surface area contributed by atoms with Crippen molar-refractivity contribution in [2.75, 3.05) is 6.54 Å². The second-order valence-corrected chi connectivity index (χ2v) is 6.33. The topological polar surface area (TPSA) is 16.1 Å². The molecule has 3 rings (SSSR count). The van der Waals surface area contributed by atoms with Crippen molar-refractivity contribution >= 4 is 34.0 Å². The van der Waals surface area contributed by atoms with E-state index in [0.29, 0.717) is 10.2 Å². The summed E-state index contributed by atoms with van der Waals surface area (Å²) in [6.07, 6.45) is 1.60. The van der Waals surface area contributed by atoms with Gasteiger partial charge in [0.2, 0.25) is 0 Å². The van der Waals surface area contributed by atoms with Gasteiger partial charge in [0.15, 0.2) is 0 Å². The third-order valence-corrected chi connectivity index (χ3v) is 4.56. The molecule has 0 spiro atoms. The summed E-state index contributed by atoms with van der Waals surface area (Å²) in [6, 6.07) is 16.7. The number of hydrogen-bond donors (Lipinski definition) is 0. The van der Waals surface area contributed by atoms with E-state index < -0.39 is 0 Å². The molecule has 4 heteroatoms. The second kappa shape index (κ2) is 7.31. The molecule has 0 N–H and O–H groups in total. The lowest BCUT2D eigenvalue weighted by Crippen LogP contribution is -2.22. The number of fused-ring (bicyclic) bond motifs is 1. The van der Waals surface area contributed by atoms with E-state index in [0.717, 1.165) is 30.4 Å².